The smallest absolute Gasteiger partial charge is 0.338 e. The normalized spacial score (nSPS) is 12.2. The summed E-state index contributed by atoms with van der Waals surface area (Å²) in [6.45, 7) is 4.54. The second-order valence-electron chi connectivity index (χ2n) is 4.34. The summed E-state index contributed by atoms with van der Waals surface area (Å²) in [4.78, 5) is 12.0. The van der Waals surface area contributed by atoms with Crippen LogP contribution in [0.15, 0.2) is 24.3 Å². The predicted molar refractivity (Wildman–Crippen MR) is 71.8 cm³/mol. The van der Waals surface area contributed by atoms with Gasteiger partial charge in [0.2, 0.25) is 0 Å². The van der Waals surface area contributed by atoms with Gasteiger partial charge in [-0.25, -0.2) is 4.79 Å². The van der Waals surface area contributed by atoms with E-state index in [-0.39, 0.29) is 12.1 Å². The van der Waals surface area contributed by atoms with E-state index in [1.165, 1.54) is 5.56 Å². The first kappa shape index (κ1) is 14.7. The third-order valence-electron chi connectivity index (χ3n) is 2.78. The number of rotatable bonds is 7. The molecule has 1 aromatic rings. The minimum Gasteiger partial charge on any atom is -0.456 e. The molecular weight excluding hydrogens is 228 g/mol. The van der Waals surface area contributed by atoms with Crippen LogP contribution < -0.4 is 0 Å². The molecule has 100 valence electrons. The third-order valence-corrected chi connectivity index (χ3v) is 2.78. The Morgan fingerprint density at radius 2 is 2.11 bits per heavy atom. The molecular formula is C15H22O3. The van der Waals surface area contributed by atoms with Crippen molar-refractivity contribution in [1.29, 1.82) is 0 Å². The molecule has 0 radical (unpaired) electrons. The highest BCUT2D eigenvalue weighted by molar-refractivity contribution is 5.89. The summed E-state index contributed by atoms with van der Waals surface area (Å²) in [5.41, 5.74) is 1.79. The summed E-state index contributed by atoms with van der Waals surface area (Å²) < 4.78 is 10.4. The highest BCUT2D eigenvalue weighted by Gasteiger charge is 2.14. The third kappa shape index (κ3) is 4.49. The van der Waals surface area contributed by atoms with E-state index in [0.717, 1.165) is 19.3 Å². The van der Waals surface area contributed by atoms with Crippen molar-refractivity contribution >= 4 is 5.97 Å². The molecule has 0 N–H and O–H groups in total. The van der Waals surface area contributed by atoms with Crippen LogP contribution in [0.1, 0.15) is 42.6 Å². The Labute approximate surface area is 109 Å². The molecule has 0 bridgehead atoms. The largest absolute Gasteiger partial charge is 0.456 e. The molecule has 0 aliphatic heterocycles. The zero-order chi connectivity index (χ0) is 13.4. The van der Waals surface area contributed by atoms with E-state index < -0.39 is 0 Å². The van der Waals surface area contributed by atoms with Crippen LogP contribution in [0, 0.1) is 0 Å². The molecule has 0 heterocycles. The molecule has 0 spiro atoms. The lowest BCUT2D eigenvalue weighted by Gasteiger charge is -2.15. The number of carbonyl (C=O) groups excluding carboxylic acids is 1. The molecule has 1 atom stereocenters. The van der Waals surface area contributed by atoms with E-state index in [9.17, 15) is 4.79 Å². The van der Waals surface area contributed by atoms with E-state index in [2.05, 4.69) is 6.92 Å². The van der Waals surface area contributed by atoms with Crippen LogP contribution in [-0.4, -0.2) is 25.8 Å². The Bertz CT molecular complexity index is 374. The topological polar surface area (TPSA) is 35.5 Å². The number of hydrogen-bond acceptors (Lipinski definition) is 3. The molecule has 18 heavy (non-hydrogen) atoms. The lowest BCUT2D eigenvalue weighted by atomic mass is 10.1. The van der Waals surface area contributed by atoms with Crippen LogP contribution in [-0.2, 0) is 15.9 Å². The van der Waals surface area contributed by atoms with Crippen LogP contribution in [0.25, 0.3) is 0 Å². The van der Waals surface area contributed by atoms with Crippen LogP contribution >= 0.6 is 0 Å². The van der Waals surface area contributed by atoms with Crippen molar-refractivity contribution in [3.63, 3.8) is 0 Å². The number of esters is 1. The van der Waals surface area contributed by atoms with Crippen molar-refractivity contribution in [3.05, 3.63) is 35.4 Å². The zero-order valence-electron chi connectivity index (χ0n) is 11.4. The Morgan fingerprint density at radius 3 is 2.72 bits per heavy atom. The minimum absolute atomic E-state index is 0.169. The molecule has 3 heteroatoms. The van der Waals surface area contributed by atoms with Gasteiger partial charge in [-0.15, -0.1) is 0 Å². The molecule has 0 saturated heterocycles. The summed E-state index contributed by atoms with van der Waals surface area (Å²) in [5, 5.41) is 0. The van der Waals surface area contributed by atoms with Crippen molar-refractivity contribution in [2.75, 3.05) is 13.7 Å². The Balaban J connectivity index is 2.68. The maximum atomic E-state index is 12.0. The van der Waals surface area contributed by atoms with Crippen LogP contribution in [0.2, 0.25) is 0 Å². The summed E-state index contributed by atoms with van der Waals surface area (Å²) >= 11 is 0. The average Bonchev–Trinajstić information content (AvgIpc) is 2.39. The van der Waals surface area contributed by atoms with Gasteiger partial charge in [0.05, 0.1) is 12.2 Å². The number of benzene rings is 1. The monoisotopic (exact) mass is 250 g/mol. The first-order valence-corrected chi connectivity index (χ1v) is 6.50. The molecule has 1 rings (SSSR count). The van der Waals surface area contributed by atoms with Gasteiger partial charge in [0.15, 0.2) is 0 Å². The van der Waals surface area contributed by atoms with Gasteiger partial charge in [-0.05, 0) is 30.5 Å². The Morgan fingerprint density at radius 1 is 1.33 bits per heavy atom. The van der Waals surface area contributed by atoms with Gasteiger partial charge < -0.3 is 9.47 Å². The fourth-order valence-corrected chi connectivity index (χ4v) is 1.78. The zero-order valence-corrected chi connectivity index (χ0v) is 11.4. The molecule has 0 aromatic heterocycles. The fraction of sp³-hybridized carbons (Fsp3) is 0.533. The first-order chi connectivity index (χ1) is 8.71. The van der Waals surface area contributed by atoms with E-state index in [0.29, 0.717) is 12.2 Å². The van der Waals surface area contributed by atoms with Gasteiger partial charge in [0.25, 0.3) is 0 Å². The lowest BCUT2D eigenvalue weighted by Crippen LogP contribution is -2.22. The first-order valence-electron chi connectivity index (χ1n) is 6.50. The molecule has 0 fully saturated rings. The van der Waals surface area contributed by atoms with Gasteiger partial charge >= 0.3 is 5.97 Å². The molecule has 0 aliphatic carbocycles. The second-order valence-corrected chi connectivity index (χ2v) is 4.34. The quantitative estimate of drug-likeness (QED) is 0.697. The van der Waals surface area contributed by atoms with Gasteiger partial charge in [0, 0.05) is 7.11 Å². The average molecular weight is 250 g/mol. The fourth-order valence-electron chi connectivity index (χ4n) is 1.78. The van der Waals surface area contributed by atoms with E-state index in [4.69, 9.17) is 9.47 Å². The lowest BCUT2D eigenvalue weighted by molar-refractivity contribution is 0.00474. The molecule has 1 unspecified atom stereocenters. The Kier molecular flexibility index (Phi) is 6.44. The van der Waals surface area contributed by atoms with Crippen molar-refractivity contribution in [2.45, 2.75) is 39.2 Å². The Hall–Kier alpha value is -1.35. The predicted octanol–water partition coefficient (Wildman–Crippen LogP) is 3.22. The van der Waals surface area contributed by atoms with Gasteiger partial charge in [-0.3, -0.25) is 0 Å². The van der Waals surface area contributed by atoms with Crippen LogP contribution in [0.5, 0.6) is 0 Å². The second kappa shape index (κ2) is 7.88. The van der Waals surface area contributed by atoms with Crippen molar-refractivity contribution in [2.24, 2.45) is 0 Å². The molecule has 0 aliphatic rings. The maximum absolute atomic E-state index is 12.0. The summed E-state index contributed by atoms with van der Waals surface area (Å²) in [6, 6.07) is 7.64. The van der Waals surface area contributed by atoms with Crippen molar-refractivity contribution in [1.82, 2.24) is 0 Å². The molecule has 0 saturated carbocycles. The van der Waals surface area contributed by atoms with Crippen molar-refractivity contribution in [3.8, 4) is 0 Å². The standard InChI is InChI=1S/C15H22O3/c1-4-7-12-8-6-9-13(10-12)15(16)18-14(5-2)11-17-3/h6,8-10,14H,4-5,7,11H2,1-3H3. The molecule has 1 aromatic carbocycles. The van der Waals surface area contributed by atoms with Crippen LogP contribution in [0.3, 0.4) is 0 Å². The SMILES string of the molecule is CCCc1cccc(C(=O)OC(CC)COC)c1. The highest BCUT2D eigenvalue weighted by Crippen LogP contribution is 2.11. The summed E-state index contributed by atoms with van der Waals surface area (Å²) in [5.74, 6) is -0.267. The number of methoxy groups -OCH3 is 1. The van der Waals surface area contributed by atoms with Gasteiger partial charge in [0.1, 0.15) is 6.10 Å². The molecule has 3 nitrogen and oxygen atoms in total. The summed E-state index contributed by atoms with van der Waals surface area (Å²) in [6.07, 6.45) is 2.64. The van der Waals surface area contributed by atoms with Crippen molar-refractivity contribution < 1.29 is 14.3 Å². The van der Waals surface area contributed by atoms with E-state index in [1.54, 1.807) is 13.2 Å². The number of aryl methyl sites for hydroxylation is 1. The number of hydrogen-bond donors (Lipinski definition) is 0. The minimum atomic E-state index is -0.267. The van der Waals surface area contributed by atoms with Crippen LogP contribution in [0.4, 0.5) is 0 Å². The highest BCUT2D eigenvalue weighted by atomic mass is 16.6. The van der Waals surface area contributed by atoms with Gasteiger partial charge in [-0.1, -0.05) is 32.4 Å². The number of ether oxygens (including phenoxy) is 2. The molecule has 0 amide bonds. The summed E-state index contributed by atoms with van der Waals surface area (Å²) in [7, 11) is 1.61. The van der Waals surface area contributed by atoms with E-state index in [1.807, 2.05) is 25.1 Å². The number of carbonyl (C=O) groups is 1. The van der Waals surface area contributed by atoms with E-state index >= 15 is 0 Å². The van der Waals surface area contributed by atoms with Gasteiger partial charge in [-0.2, -0.15) is 0 Å². The maximum Gasteiger partial charge on any atom is 0.338 e.